The second kappa shape index (κ2) is 7.81. The Labute approximate surface area is 144 Å². The van der Waals surface area contributed by atoms with Crippen molar-refractivity contribution in [3.8, 4) is 11.5 Å². The predicted octanol–water partition coefficient (Wildman–Crippen LogP) is 4.33. The first kappa shape index (κ1) is 19.2. The van der Waals surface area contributed by atoms with E-state index in [9.17, 15) is 32.8 Å². The molecule has 0 saturated carbocycles. The summed E-state index contributed by atoms with van der Waals surface area (Å²) in [5, 5.41) is 20.4. The molecule has 0 amide bonds. The highest BCUT2D eigenvalue weighted by atomic mass is 19.3. The van der Waals surface area contributed by atoms with E-state index in [-0.39, 0.29) is 22.7 Å². The van der Waals surface area contributed by atoms with E-state index in [2.05, 4.69) is 9.73 Å². The van der Waals surface area contributed by atoms with Gasteiger partial charge in [-0.15, -0.1) is 0 Å². The molecule has 0 bridgehead atoms. The smallest absolute Gasteiger partial charge is 0.340 e. The summed E-state index contributed by atoms with van der Waals surface area (Å²) in [4.78, 5) is 14.1. The van der Waals surface area contributed by atoms with Gasteiger partial charge in [-0.3, -0.25) is 15.1 Å². The number of aliphatic imine (C=N–C) groups is 1. The fourth-order valence-electron chi connectivity index (χ4n) is 1.77. The van der Waals surface area contributed by atoms with E-state index in [0.717, 1.165) is 18.2 Å². The van der Waals surface area contributed by atoms with Crippen molar-refractivity contribution < 1.29 is 32.3 Å². The summed E-state index contributed by atoms with van der Waals surface area (Å²) in [5.74, 6) is -4.52. The number of hydrogen-bond donors (Lipinski definition) is 1. The molecule has 0 aliphatic carbocycles. The molecule has 0 spiro atoms. The third-order valence-corrected chi connectivity index (χ3v) is 3.16. The maximum absolute atomic E-state index is 12.8. The number of phenolic OH excluding ortho intramolecular Hbond substituents is 1. The van der Waals surface area contributed by atoms with E-state index >= 15 is 0 Å². The Morgan fingerprint density at radius 3 is 2.46 bits per heavy atom. The summed E-state index contributed by atoms with van der Waals surface area (Å²) < 4.78 is 54.2. The van der Waals surface area contributed by atoms with Crippen molar-refractivity contribution in [3.05, 3.63) is 58.1 Å². The molecule has 0 fully saturated rings. The molecule has 2 aromatic carbocycles. The molecule has 138 valence electrons. The number of nitro benzene ring substituents is 1. The van der Waals surface area contributed by atoms with Gasteiger partial charge < -0.3 is 9.84 Å². The third kappa shape index (κ3) is 4.91. The molecule has 2 rings (SSSR count). The van der Waals surface area contributed by atoms with Crippen molar-refractivity contribution in [1.82, 2.24) is 0 Å². The Morgan fingerprint density at radius 2 is 1.88 bits per heavy atom. The molecule has 10 heteroatoms. The number of halogens is 4. The number of rotatable bonds is 7. The number of aromatic hydroxyl groups is 1. The van der Waals surface area contributed by atoms with Crippen LogP contribution in [0.1, 0.15) is 5.56 Å². The molecule has 0 unspecified atom stereocenters. The number of alkyl halides is 4. The van der Waals surface area contributed by atoms with Gasteiger partial charge in [0.15, 0.2) is 6.61 Å². The fourth-order valence-corrected chi connectivity index (χ4v) is 1.77. The number of benzene rings is 2. The number of ether oxygens (including phenoxy) is 1. The average Bonchev–Trinajstić information content (AvgIpc) is 2.60. The minimum Gasteiger partial charge on any atom is -0.507 e. The molecular weight excluding hydrogens is 360 g/mol. The van der Waals surface area contributed by atoms with Crippen LogP contribution in [0.3, 0.4) is 0 Å². The first-order valence-corrected chi connectivity index (χ1v) is 7.09. The fraction of sp³-hybridized carbons (Fsp3) is 0.188. The van der Waals surface area contributed by atoms with Crippen LogP contribution in [0.2, 0.25) is 0 Å². The van der Waals surface area contributed by atoms with E-state index in [1.165, 1.54) is 30.5 Å². The maximum Gasteiger partial charge on any atom is 0.340 e. The second-order valence-electron chi connectivity index (χ2n) is 5.10. The van der Waals surface area contributed by atoms with Crippen LogP contribution in [0.4, 0.5) is 28.9 Å². The van der Waals surface area contributed by atoms with Crippen LogP contribution in [0.25, 0.3) is 0 Å². The van der Waals surface area contributed by atoms with E-state index in [1.54, 1.807) is 0 Å². The maximum atomic E-state index is 12.8. The Hall–Kier alpha value is -3.17. The Balaban J connectivity index is 2.06. The predicted molar refractivity (Wildman–Crippen MR) is 84.9 cm³/mol. The second-order valence-corrected chi connectivity index (χ2v) is 5.10. The van der Waals surface area contributed by atoms with Gasteiger partial charge >= 0.3 is 12.3 Å². The molecule has 0 atom stereocenters. The van der Waals surface area contributed by atoms with E-state index in [4.69, 9.17) is 0 Å². The number of nitrogens with zero attached hydrogens (tertiary/aromatic N) is 2. The van der Waals surface area contributed by atoms with Crippen molar-refractivity contribution in [3.63, 3.8) is 0 Å². The van der Waals surface area contributed by atoms with Crippen LogP contribution < -0.4 is 4.74 Å². The highest BCUT2D eigenvalue weighted by Crippen LogP contribution is 2.26. The van der Waals surface area contributed by atoms with Gasteiger partial charge in [0.25, 0.3) is 5.69 Å². The summed E-state index contributed by atoms with van der Waals surface area (Å²) >= 11 is 0. The summed E-state index contributed by atoms with van der Waals surface area (Å²) in [6.45, 7) is -1.46. The van der Waals surface area contributed by atoms with Gasteiger partial charge in [0.2, 0.25) is 0 Å². The average molecular weight is 372 g/mol. The lowest BCUT2D eigenvalue weighted by Crippen LogP contribution is -2.33. The van der Waals surface area contributed by atoms with E-state index < -0.39 is 23.9 Å². The standard InChI is InChI=1S/C16H12F4N2O4/c17-15(18)16(19,20)9-26-13-4-1-11(2-5-13)21-8-10-7-12(22(24)25)3-6-14(10)23/h1-8,15,23H,9H2. The van der Waals surface area contributed by atoms with Crippen molar-refractivity contribution >= 4 is 17.6 Å². The zero-order valence-electron chi connectivity index (χ0n) is 13.0. The van der Waals surface area contributed by atoms with Crippen LogP contribution in [-0.4, -0.2) is 35.2 Å². The largest absolute Gasteiger partial charge is 0.507 e. The van der Waals surface area contributed by atoms with Gasteiger partial charge in [-0.2, -0.15) is 8.78 Å². The minimum absolute atomic E-state index is 0.0533. The van der Waals surface area contributed by atoms with Gasteiger partial charge in [0, 0.05) is 23.9 Å². The summed E-state index contributed by atoms with van der Waals surface area (Å²) in [5.41, 5.74) is 0.202. The lowest BCUT2D eigenvalue weighted by molar-refractivity contribution is -0.384. The normalized spacial score (nSPS) is 11.9. The van der Waals surface area contributed by atoms with Crippen molar-refractivity contribution in [2.24, 2.45) is 4.99 Å². The monoisotopic (exact) mass is 372 g/mol. The molecule has 0 aliphatic heterocycles. The van der Waals surface area contributed by atoms with E-state index in [1.807, 2.05) is 0 Å². The molecule has 2 aromatic rings. The lowest BCUT2D eigenvalue weighted by atomic mass is 10.2. The van der Waals surface area contributed by atoms with Crippen LogP contribution in [-0.2, 0) is 0 Å². The first-order valence-electron chi connectivity index (χ1n) is 7.09. The number of non-ortho nitro benzene ring substituents is 1. The van der Waals surface area contributed by atoms with Crippen molar-refractivity contribution in [2.45, 2.75) is 12.3 Å². The van der Waals surface area contributed by atoms with Crippen molar-refractivity contribution in [1.29, 1.82) is 0 Å². The molecule has 0 radical (unpaired) electrons. The van der Waals surface area contributed by atoms with Gasteiger partial charge in [0.1, 0.15) is 11.5 Å². The van der Waals surface area contributed by atoms with Crippen LogP contribution in [0, 0.1) is 10.1 Å². The summed E-state index contributed by atoms with van der Waals surface area (Å²) in [6.07, 6.45) is -2.64. The van der Waals surface area contributed by atoms with Crippen LogP contribution in [0.5, 0.6) is 11.5 Å². The molecule has 0 aromatic heterocycles. The number of nitro groups is 1. The Kier molecular flexibility index (Phi) is 5.75. The highest BCUT2D eigenvalue weighted by Gasteiger charge is 2.41. The van der Waals surface area contributed by atoms with Gasteiger partial charge in [0.05, 0.1) is 10.6 Å². The third-order valence-electron chi connectivity index (χ3n) is 3.16. The number of phenols is 1. The van der Waals surface area contributed by atoms with E-state index in [0.29, 0.717) is 5.69 Å². The molecule has 0 saturated heterocycles. The number of hydrogen-bond acceptors (Lipinski definition) is 5. The molecule has 1 N–H and O–H groups in total. The Morgan fingerprint density at radius 1 is 1.23 bits per heavy atom. The summed E-state index contributed by atoms with van der Waals surface area (Å²) in [7, 11) is 0. The van der Waals surface area contributed by atoms with Crippen molar-refractivity contribution in [2.75, 3.05) is 6.61 Å². The summed E-state index contributed by atoms with van der Waals surface area (Å²) in [6, 6.07) is 8.64. The zero-order valence-corrected chi connectivity index (χ0v) is 13.0. The Bertz CT molecular complexity index is 810. The molecule has 0 aliphatic rings. The minimum atomic E-state index is -4.25. The lowest BCUT2D eigenvalue weighted by Gasteiger charge is -2.15. The highest BCUT2D eigenvalue weighted by molar-refractivity contribution is 5.86. The molecule has 6 nitrogen and oxygen atoms in total. The topological polar surface area (TPSA) is 85.0 Å². The zero-order chi connectivity index (χ0) is 19.3. The van der Waals surface area contributed by atoms with Gasteiger partial charge in [-0.05, 0) is 30.3 Å². The SMILES string of the molecule is O=[N+]([O-])c1ccc(O)c(C=Nc2ccc(OCC(F)(F)C(F)F)cc2)c1. The molecular formula is C16H12F4N2O4. The van der Waals surface area contributed by atoms with Gasteiger partial charge in [-0.25, -0.2) is 8.78 Å². The molecule has 26 heavy (non-hydrogen) atoms. The first-order chi connectivity index (χ1) is 12.2. The van der Waals surface area contributed by atoms with Crippen LogP contribution in [0.15, 0.2) is 47.5 Å². The van der Waals surface area contributed by atoms with Gasteiger partial charge in [-0.1, -0.05) is 0 Å². The van der Waals surface area contributed by atoms with Crippen LogP contribution >= 0.6 is 0 Å². The molecule has 0 heterocycles. The quantitative estimate of drug-likeness (QED) is 0.339.